The second-order valence-corrected chi connectivity index (χ2v) is 4.07. The van der Waals surface area contributed by atoms with E-state index in [1.165, 1.54) is 5.56 Å². The summed E-state index contributed by atoms with van der Waals surface area (Å²) >= 11 is 0. The van der Waals surface area contributed by atoms with Crippen molar-refractivity contribution in [2.45, 2.75) is 13.8 Å². The summed E-state index contributed by atoms with van der Waals surface area (Å²) in [6.07, 6.45) is 1.73. The molecule has 0 spiro atoms. The minimum atomic E-state index is 0.779. The Morgan fingerprint density at radius 3 is 2.47 bits per heavy atom. The van der Waals surface area contributed by atoms with Crippen molar-refractivity contribution in [2.24, 2.45) is 0 Å². The zero-order valence-corrected chi connectivity index (χ0v) is 10.1. The Labute approximate surface area is 102 Å². The van der Waals surface area contributed by atoms with Crippen molar-refractivity contribution < 1.29 is 4.74 Å². The summed E-state index contributed by atoms with van der Waals surface area (Å²) < 4.78 is 5.74. The van der Waals surface area contributed by atoms with Gasteiger partial charge in [0.05, 0.1) is 5.69 Å². The van der Waals surface area contributed by atoms with Gasteiger partial charge in [0.25, 0.3) is 0 Å². The number of hydrogen-bond donors (Lipinski definition) is 0. The summed E-state index contributed by atoms with van der Waals surface area (Å²) in [5.41, 5.74) is 3.00. The van der Waals surface area contributed by atoms with Gasteiger partial charge in [-0.05, 0) is 37.6 Å². The number of aryl methyl sites for hydroxylation is 1. The number of allylic oxidation sites excluding steroid dienone is 1. The lowest BCUT2D eigenvalue weighted by molar-refractivity contribution is 0.481. The van der Waals surface area contributed by atoms with E-state index >= 15 is 0 Å². The monoisotopic (exact) mass is 225 g/mol. The quantitative estimate of drug-likeness (QED) is 0.780. The maximum Gasteiger partial charge on any atom is 0.131 e. The van der Waals surface area contributed by atoms with Gasteiger partial charge in [-0.2, -0.15) is 0 Å². The van der Waals surface area contributed by atoms with E-state index in [-0.39, 0.29) is 0 Å². The molecule has 0 saturated carbocycles. The summed E-state index contributed by atoms with van der Waals surface area (Å²) in [6, 6.07) is 11.7. The average molecular weight is 225 g/mol. The summed E-state index contributed by atoms with van der Waals surface area (Å²) in [5.74, 6) is 1.61. The third-order valence-corrected chi connectivity index (χ3v) is 2.43. The van der Waals surface area contributed by atoms with Gasteiger partial charge in [0.1, 0.15) is 11.5 Å². The third kappa shape index (κ3) is 2.94. The number of aromatic nitrogens is 1. The van der Waals surface area contributed by atoms with E-state index in [2.05, 4.69) is 18.5 Å². The molecule has 0 fully saturated rings. The number of benzene rings is 1. The molecule has 0 bridgehead atoms. The number of rotatable bonds is 3. The first kappa shape index (κ1) is 11.4. The summed E-state index contributed by atoms with van der Waals surface area (Å²) in [5, 5.41) is 0. The molecule has 1 aromatic heterocycles. The Morgan fingerprint density at radius 1 is 1.12 bits per heavy atom. The van der Waals surface area contributed by atoms with Gasteiger partial charge < -0.3 is 4.74 Å². The lowest BCUT2D eigenvalue weighted by Gasteiger charge is -2.07. The van der Waals surface area contributed by atoms with E-state index in [1.807, 2.05) is 43.3 Å². The molecular weight excluding hydrogens is 210 g/mol. The highest BCUT2D eigenvalue weighted by Crippen LogP contribution is 2.23. The number of hydrogen-bond acceptors (Lipinski definition) is 2. The molecule has 2 heteroatoms. The molecule has 1 aromatic carbocycles. The van der Waals surface area contributed by atoms with E-state index in [0.29, 0.717) is 0 Å². The third-order valence-electron chi connectivity index (χ3n) is 2.43. The molecule has 2 aromatic rings. The SMILES string of the molecule is C=C(C)c1cc(Oc2ccc(C)cc2)ccn1. The molecule has 1 heterocycles. The molecular formula is C15H15NO. The zero-order chi connectivity index (χ0) is 12.3. The van der Waals surface area contributed by atoms with Gasteiger partial charge in [-0.1, -0.05) is 24.3 Å². The van der Waals surface area contributed by atoms with Gasteiger partial charge >= 0.3 is 0 Å². The van der Waals surface area contributed by atoms with Gasteiger partial charge in [-0.15, -0.1) is 0 Å². The number of pyridine rings is 1. The van der Waals surface area contributed by atoms with Crippen molar-refractivity contribution in [3.05, 3.63) is 60.4 Å². The highest BCUT2D eigenvalue weighted by atomic mass is 16.5. The van der Waals surface area contributed by atoms with Gasteiger partial charge in [0, 0.05) is 12.3 Å². The molecule has 0 aliphatic heterocycles. The Hall–Kier alpha value is -2.09. The predicted molar refractivity (Wildman–Crippen MR) is 70.2 cm³/mol. The normalized spacial score (nSPS) is 10.0. The van der Waals surface area contributed by atoms with Crippen molar-refractivity contribution in [2.75, 3.05) is 0 Å². The molecule has 0 radical (unpaired) electrons. The van der Waals surface area contributed by atoms with Crippen LogP contribution in [0.15, 0.2) is 49.2 Å². The smallest absolute Gasteiger partial charge is 0.131 e. The second-order valence-electron chi connectivity index (χ2n) is 4.07. The van der Waals surface area contributed by atoms with Crippen LogP contribution in [0.4, 0.5) is 0 Å². The van der Waals surface area contributed by atoms with E-state index < -0.39 is 0 Å². The molecule has 2 nitrogen and oxygen atoms in total. The fraction of sp³-hybridized carbons (Fsp3) is 0.133. The summed E-state index contributed by atoms with van der Waals surface area (Å²) in [4.78, 5) is 4.22. The zero-order valence-electron chi connectivity index (χ0n) is 10.1. The highest BCUT2D eigenvalue weighted by molar-refractivity contribution is 5.58. The van der Waals surface area contributed by atoms with Gasteiger partial charge in [0.15, 0.2) is 0 Å². The molecule has 0 atom stereocenters. The molecule has 17 heavy (non-hydrogen) atoms. The maximum absolute atomic E-state index is 5.74. The highest BCUT2D eigenvalue weighted by Gasteiger charge is 2.00. The Balaban J connectivity index is 2.21. The van der Waals surface area contributed by atoms with Crippen LogP contribution in [0.2, 0.25) is 0 Å². The van der Waals surface area contributed by atoms with E-state index in [4.69, 9.17) is 4.74 Å². The number of nitrogens with zero attached hydrogens (tertiary/aromatic N) is 1. The average Bonchev–Trinajstić information content (AvgIpc) is 2.32. The van der Waals surface area contributed by atoms with Crippen LogP contribution in [0.1, 0.15) is 18.2 Å². The lowest BCUT2D eigenvalue weighted by atomic mass is 10.2. The largest absolute Gasteiger partial charge is 0.457 e. The summed E-state index contributed by atoms with van der Waals surface area (Å²) in [7, 11) is 0. The number of ether oxygens (including phenoxy) is 1. The molecule has 86 valence electrons. The fourth-order valence-corrected chi connectivity index (χ4v) is 1.45. The Morgan fingerprint density at radius 2 is 1.82 bits per heavy atom. The first-order valence-electron chi connectivity index (χ1n) is 5.51. The van der Waals surface area contributed by atoms with Crippen LogP contribution in [0.3, 0.4) is 0 Å². The van der Waals surface area contributed by atoms with Gasteiger partial charge in [-0.25, -0.2) is 0 Å². The molecule has 0 aliphatic carbocycles. The van der Waals surface area contributed by atoms with Crippen molar-refractivity contribution in [3.8, 4) is 11.5 Å². The van der Waals surface area contributed by atoms with Gasteiger partial charge in [0.2, 0.25) is 0 Å². The van der Waals surface area contributed by atoms with E-state index in [0.717, 1.165) is 22.8 Å². The lowest BCUT2D eigenvalue weighted by Crippen LogP contribution is -1.88. The molecule has 0 amide bonds. The predicted octanol–water partition coefficient (Wildman–Crippen LogP) is 4.22. The van der Waals surface area contributed by atoms with Crippen molar-refractivity contribution in [3.63, 3.8) is 0 Å². The summed E-state index contributed by atoms with van der Waals surface area (Å²) in [6.45, 7) is 7.85. The van der Waals surface area contributed by atoms with E-state index in [9.17, 15) is 0 Å². The second kappa shape index (κ2) is 4.83. The van der Waals surface area contributed by atoms with Gasteiger partial charge in [-0.3, -0.25) is 4.98 Å². The van der Waals surface area contributed by atoms with Crippen LogP contribution in [0, 0.1) is 6.92 Å². The Bertz CT molecular complexity index is 529. The topological polar surface area (TPSA) is 22.1 Å². The van der Waals surface area contributed by atoms with E-state index in [1.54, 1.807) is 6.20 Å². The first-order chi connectivity index (χ1) is 8.15. The van der Waals surface area contributed by atoms with Crippen molar-refractivity contribution in [1.29, 1.82) is 0 Å². The standard InChI is InChI=1S/C15H15NO/c1-11(2)15-10-14(8-9-16-15)17-13-6-4-12(3)5-7-13/h4-10H,1H2,2-3H3. The molecule has 0 unspecified atom stereocenters. The maximum atomic E-state index is 5.74. The van der Waals surface area contributed by atoms with Crippen LogP contribution in [0.5, 0.6) is 11.5 Å². The molecule has 0 aliphatic rings. The van der Waals surface area contributed by atoms with Crippen molar-refractivity contribution in [1.82, 2.24) is 4.98 Å². The minimum absolute atomic E-state index is 0.779. The molecule has 0 N–H and O–H groups in total. The Kier molecular flexibility index (Phi) is 3.24. The van der Waals surface area contributed by atoms with Crippen molar-refractivity contribution >= 4 is 5.57 Å². The van der Waals surface area contributed by atoms with Crippen LogP contribution in [-0.4, -0.2) is 4.98 Å². The van der Waals surface area contributed by atoms with Crippen LogP contribution in [-0.2, 0) is 0 Å². The minimum Gasteiger partial charge on any atom is -0.457 e. The molecule has 0 saturated heterocycles. The first-order valence-corrected chi connectivity index (χ1v) is 5.51. The van der Waals surface area contributed by atoms with Crippen LogP contribution in [0.25, 0.3) is 5.57 Å². The van der Waals surface area contributed by atoms with Crippen LogP contribution >= 0.6 is 0 Å². The van der Waals surface area contributed by atoms with Crippen LogP contribution < -0.4 is 4.74 Å². The fourth-order valence-electron chi connectivity index (χ4n) is 1.45. The molecule has 2 rings (SSSR count).